The van der Waals surface area contributed by atoms with Crippen molar-refractivity contribution in [1.29, 1.82) is 0 Å². The Morgan fingerprint density at radius 1 is 1.40 bits per heavy atom. The van der Waals surface area contributed by atoms with E-state index in [4.69, 9.17) is 5.84 Å². The molecule has 7 nitrogen and oxygen atoms in total. The molecule has 0 atom stereocenters. The van der Waals surface area contributed by atoms with Crippen LogP contribution in [0.4, 0.5) is 11.6 Å². The van der Waals surface area contributed by atoms with Gasteiger partial charge in [-0.05, 0) is 5.92 Å². The van der Waals surface area contributed by atoms with Crippen LogP contribution in [0.25, 0.3) is 0 Å². The van der Waals surface area contributed by atoms with Crippen LogP contribution in [0, 0.1) is 0 Å². The standard InChI is InChI=1S/C13H21N7/c1-9(2)11-12(18-14)15-8-16-13(11)19(3)6-10-5-17-20(4)7-10/h5,7-9H,6,14H2,1-4H3,(H,15,16,18). The third-order valence-electron chi connectivity index (χ3n) is 3.12. The van der Waals surface area contributed by atoms with Gasteiger partial charge in [0.15, 0.2) is 0 Å². The Labute approximate surface area is 118 Å². The number of nitrogens with two attached hydrogens (primary N) is 1. The van der Waals surface area contributed by atoms with Gasteiger partial charge in [0.1, 0.15) is 18.0 Å². The number of hydrogen-bond acceptors (Lipinski definition) is 6. The van der Waals surface area contributed by atoms with Crippen molar-refractivity contribution in [2.24, 2.45) is 12.9 Å². The predicted molar refractivity (Wildman–Crippen MR) is 79.2 cm³/mol. The lowest BCUT2D eigenvalue weighted by Gasteiger charge is -2.23. The molecule has 2 aromatic heterocycles. The normalized spacial score (nSPS) is 10.9. The summed E-state index contributed by atoms with van der Waals surface area (Å²) < 4.78 is 1.79. The fraction of sp³-hybridized carbons (Fsp3) is 0.462. The Bertz CT molecular complexity index is 576. The van der Waals surface area contributed by atoms with Crippen molar-refractivity contribution in [1.82, 2.24) is 19.7 Å². The van der Waals surface area contributed by atoms with Crippen molar-refractivity contribution < 1.29 is 0 Å². The van der Waals surface area contributed by atoms with Gasteiger partial charge in [-0.2, -0.15) is 5.10 Å². The lowest BCUT2D eigenvalue weighted by Crippen LogP contribution is -2.22. The molecule has 108 valence electrons. The Kier molecular flexibility index (Phi) is 4.19. The smallest absolute Gasteiger partial charge is 0.148 e. The van der Waals surface area contributed by atoms with Crippen LogP contribution in [-0.4, -0.2) is 26.8 Å². The second kappa shape index (κ2) is 5.87. The first kappa shape index (κ1) is 14.3. The average Bonchev–Trinajstić information content (AvgIpc) is 2.82. The third kappa shape index (κ3) is 2.88. The summed E-state index contributed by atoms with van der Waals surface area (Å²) in [5.74, 6) is 7.36. The maximum atomic E-state index is 5.54. The van der Waals surface area contributed by atoms with Gasteiger partial charge in [0, 0.05) is 38.0 Å². The molecule has 2 aromatic rings. The number of hydrogen-bond donors (Lipinski definition) is 2. The zero-order chi connectivity index (χ0) is 14.7. The minimum Gasteiger partial charge on any atom is -0.355 e. The van der Waals surface area contributed by atoms with Gasteiger partial charge in [-0.25, -0.2) is 15.8 Å². The van der Waals surface area contributed by atoms with Crippen LogP contribution >= 0.6 is 0 Å². The van der Waals surface area contributed by atoms with Crippen LogP contribution in [0.5, 0.6) is 0 Å². The van der Waals surface area contributed by atoms with E-state index in [9.17, 15) is 0 Å². The summed E-state index contributed by atoms with van der Waals surface area (Å²) in [6.07, 6.45) is 5.37. The predicted octanol–water partition coefficient (Wildman–Crippen LogP) is 1.26. The Morgan fingerprint density at radius 3 is 2.70 bits per heavy atom. The molecule has 0 bridgehead atoms. The quantitative estimate of drug-likeness (QED) is 0.631. The summed E-state index contributed by atoms with van der Waals surface area (Å²) >= 11 is 0. The fourth-order valence-electron chi connectivity index (χ4n) is 2.24. The molecule has 0 amide bonds. The summed E-state index contributed by atoms with van der Waals surface area (Å²) in [4.78, 5) is 10.7. The lowest BCUT2D eigenvalue weighted by atomic mass is 10.0. The summed E-state index contributed by atoms with van der Waals surface area (Å²) in [6, 6.07) is 0. The number of aromatic nitrogens is 4. The van der Waals surface area contributed by atoms with Gasteiger partial charge in [-0.15, -0.1) is 0 Å². The Hall–Kier alpha value is -2.15. The minimum absolute atomic E-state index is 0.272. The molecule has 0 saturated carbocycles. The number of anilines is 2. The number of hydrazine groups is 1. The first-order chi connectivity index (χ1) is 9.52. The van der Waals surface area contributed by atoms with Crippen LogP contribution < -0.4 is 16.2 Å². The van der Waals surface area contributed by atoms with Crippen molar-refractivity contribution in [2.45, 2.75) is 26.3 Å². The largest absolute Gasteiger partial charge is 0.355 e. The highest BCUT2D eigenvalue weighted by molar-refractivity contribution is 5.59. The van der Waals surface area contributed by atoms with Crippen molar-refractivity contribution in [3.8, 4) is 0 Å². The van der Waals surface area contributed by atoms with Crippen molar-refractivity contribution in [2.75, 3.05) is 17.4 Å². The molecule has 0 spiro atoms. The van der Waals surface area contributed by atoms with Gasteiger partial charge < -0.3 is 10.3 Å². The molecular formula is C13H21N7. The molecule has 3 N–H and O–H groups in total. The van der Waals surface area contributed by atoms with E-state index in [1.54, 1.807) is 4.68 Å². The summed E-state index contributed by atoms with van der Waals surface area (Å²) in [5.41, 5.74) is 4.79. The summed E-state index contributed by atoms with van der Waals surface area (Å²) in [7, 11) is 3.91. The van der Waals surface area contributed by atoms with E-state index in [0.29, 0.717) is 5.82 Å². The van der Waals surface area contributed by atoms with Crippen LogP contribution in [0.2, 0.25) is 0 Å². The molecule has 0 aromatic carbocycles. The fourth-order valence-corrected chi connectivity index (χ4v) is 2.24. The molecule has 20 heavy (non-hydrogen) atoms. The molecule has 0 aliphatic carbocycles. The third-order valence-corrected chi connectivity index (χ3v) is 3.12. The maximum absolute atomic E-state index is 5.54. The zero-order valence-corrected chi connectivity index (χ0v) is 12.3. The highest BCUT2D eigenvalue weighted by atomic mass is 15.3. The van der Waals surface area contributed by atoms with Gasteiger partial charge in [0.05, 0.1) is 6.20 Å². The highest BCUT2D eigenvalue weighted by Crippen LogP contribution is 2.30. The van der Waals surface area contributed by atoms with Crippen molar-refractivity contribution in [3.05, 3.63) is 29.8 Å². The van der Waals surface area contributed by atoms with Gasteiger partial charge in [0.2, 0.25) is 0 Å². The Morgan fingerprint density at radius 2 is 2.15 bits per heavy atom. The minimum atomic E-state index is 0.272. The van der Waals surface area contributed by atoms with Crippen LogP contribution in [0.1, 0.15) is 30.9 Å². The first-order valence-electron chi connectivity index (χ1n) is 6.53. The molecular weight excluding hydrogens is 254 g/mol. The molecule has 0 fully saturated rings. The van der Waals surface area contributed by atoms with Gasteiger partial charge in [-0.3, -0.25) is 4.68 Å². The molecule has 7 heteroatoms. The van der Waals surface area contributed by atoms with E-state index >= 15 is 0 Å². The van der Waals surface area contributed by atoms with E-state index < -0.39 is 0 Å². The van der Waals surface area contributed by atoms with Crippen LogP contribution in [0.15, 0.2) is 18.7 Å². The highest BCUT2D eigenvalue weighted by Gasteiger charge is 2.17. The summed E-state index contributed by atoms with van der Waals surface area (Å²) in [5, 5.41) is 4.18. The zero-order valence-electron chi connectivity index (χ0n) is 12.3. The first-order valence-corrected chi connectivity index (χ1v) is 6.53. The molecule has 0 saturated heterocycles. The second-order valence-electron chi connectivity index (χ2n) is 5.14. The summed E-state index contributed by atoms with van der Waals surface area (Å²) in [6.45, 7) is 4.93. The number of nitrogens with zero attached hydrogens (tertiary/aromatic N) is 5. The van der Waals surface area contributed by atoms with E-state index in [2.05, 4.69) is 39.2 Å². The number of rotatable bonds is 5. The van der Waals surface area contributed by atoms with E-state index in [1.807, 2.05) is 26.5 Å². The number of aryl methyl sites for hydroxylation is 1. The van der Waals surface area contributed by atoms with E-state index in [0.717, 1.165) is 23.5 Å². The molecule has 2 rings (SSSR count). The van der Waals surface area contributed by atoms with Gasteiger partial charge in [0.25, 0.3) is 0 Å². The van der Waals surface area contributed by atoms with Crippen molar-refractivity contribution >= 4 is 11.6 Å². The SMILES string of the molecule is CC(C)c1c(NN)ncnc1N(C)Cc1cnn(C)c1. The Balaban J connectivity index is 2.31. The molecule has 0 unspecified atom stereocenters. The van der Waals surface area contributed by atoms with Gasteiger partial charge >= 0.3 is 0 Å². The maximum Gasteiger partial charge on any atom is 0.148 e. The van der Waals surface area contributed by atoms with Gasteiger partial charge in [-0.1, -0.05) is 13.8 Å². The van der Waals surface area contributed by atoms with Crippen LogP contribution in [-0.2, 0) is 13.6 Å². The molecule has 0 aliphatic rings. The lowest BCUT2D eigenvalue weighted by molar-refractivity contribution is 0.765. The van der Waals surface area contributed by atoms with E-state index in [1.165, 1.54) is 6.33 Å². The molecule has 0 radical (unpaired) electrons. The molecule has 2 heterocycles. The molecule has 0 aliphatic heterocycles. The monoisotopic (exact) mass is 275 g/mol. The number of nitrogen functional groups attached to an aromatic ring is 1. The number of nitrogens with one attached hydrogen (secondary N) is 1. The topological polar surface area (TPSA) is 84.9 Å². The van der Waals surface area contributed by atoms with E-state index in [-0.39, 0.29) is 5.92 Å². The van der Waals surface area contributed by atoms with Crippen LogP contribution in [0.3, 0.4) is 0 Å². The second-order valence-corrected chi connectivity index (χ2v) is 5.14. The van der Waals surface area contributed by atoms with Crippen molar-refractivity contribution in [3.63, 3.8) is 0 Å². The average molecular weight is 275 g/mol.